The van der Waals surface area contributed by atoms with Crippen molar-refractivity contribution in [1.82, 2.24) is 10.2 Å². The quantitative estimate of drug-likeness (QED) is 0.616. The Morgan fingerprint density at radius 2 is 1.67 bits per heavy atom. The Balaban J connectivity index is 1.63. The Hall–Kier alpha value is -0.0800. The van der Waals surface area contributed by atoms with E-state index in [2.05, 4.69) is 10.2 Å². The molecule has 12 heavy (non-hydrogen) atoms. The fraction of sp³-hybridized carbons (Fsp3) is 1.00. The third-order valence-corrected chi connectivity index (χ3v) is 4.03. The van der Waals surface area contributed by atoms with E-state index in [4.69, 9.17) is 0 Å². The maximum Gasteiger partial charge on any atom is 0.0345 e. The minimum atomic E-state index is 0.899. The zero-order valence-corrected chi connectivity index (χ0v) is 7.63. The smallest absolute Gasteiger partial charge is 0.0345 e. The van der Waals surface area contributed by atoms with Crippen molar-refractivity contribution in [1.29, 1.82) is 0 Å². The molecule has 2 atom stereocenters. The second-order valence-electron chi connectivity index (χ2n) is 4.72. The molecule has 2 aliphatic heterocycles. The van der Waals surface area contributed by atoms with Gasteiger partial charge in [-0.3, -0.25) is 4.90 Å². The van der Waals surface area contributed by atoms with E-state index in [1.54, 1.807) is 0 Å². The first-order valence-electron chi connectivity index (χ1n) is 5.38. The third-order valence-electron chi connectivity index (χ3n) is 4.03. The van der Waals surface area contributed by atoms with Gasteiger partial charge in [0.25, 0.3) is 0 Å². The highest BCUT2D eigenvalue weighted by molar-refractivity contribution is 4.94. The van der Waals surface area contributed by atoms with Gasteiger partial charge in [-0.05, 0) is 24.7 Å². The summed E-state index contributed by atoms with van der Waals surface area (Å²) in [5, 5.41) is 3.36. The van der Waals surface area contributed by atoms with Crippen LogP contribution in [0.5, 0.6) is 0 Å². The fourth-order valence-electron chi connectivity index (χ4n) is 3.10. The molecule has 1 N–H and O–H groups in total. The maximum atomic E-state index is 3.36. The normalized spacial score (nSPS) is 43.0. The Labute approximate surface area is 74.3 Å². The average molecular weight is 166 g/mol. The second kappa shape index (κ2) is 2.71. The summed E-state index contributed by atoms with van der Waals surface area (Å²) >= 11 is 0. The maximum absolute atomic E-state index is 3.36. The van der Waals surface area contributed by atoms with Gasteiger partial charge in [0.05, 0.1) is 0 Å². The van der Waals surface area contributed by atoms with Crippen LogP contribution in [0.25, 0.3) is 0 Å². The monoisotopic (exact) mass is 166 g/mol. The second-order valence-corrected chi connectivity index (χ2v) is 4.72. The summed E-state index contributed by atoms with van der Waals surface area (Å²) in [6.45, 7) is 5.33. The fourth-order valence-corrected chi connectivity index (χ4v) is 3.10. The molecule has 1 aliphatic carbocycles. The van der Waals surface area contributed by atoms with Crippen LogP contribution in [0, 0.1) is 11.8 Å². The van der Waals surface area contributed by atoms with Crippen molar-refractivity contribution in [3.8, 4) is 0 Å². The molecule has 2 saturated heterocycles. The van der Waals surface area contributed by atoms with Crippen molar-refractivity contribution in [2.75, 3.05) is 26.2 Å². The molecular weight excluding hydrogens is 148 g/mol. The number of hydrogen-bond donors (Lipinski definition) is 1. The zero-order valence-electron chi connectivity index (χ0n) is 7.63. The molecule has 0 amide bonds. The highest BCUT2D eigenvalue weighted by Crippen LogP contribution is 2.38. The Morgan fingerprint density at radius 3 is 2.17 bits per heavy atom. The van der Waals surface area contributed by atoms with Gasteiger partial charge in [0.1, 0.15) is 0 Å². The van der Waals surface area contributed by atoms with Crippen LogP contribution in [0.2, 0.25) is 0 Å². The summed E-state index contributed by atoms with van der Waals surface area (Å²) in [5.41, 5.74) is 0. The van der Waals surface area contributed by atoms with Crippen molar-refractivity contribution < 1.29 is 0 Å². The molecule has 0 aromatic heterocycles. The van der Waals surface area contributed by atoms with E-state index >= 15 is 0 Å². The lowest BCUT2D eigenvalue weighted by atomic mass is 10.0. The lowest BCUT2D eigenvalue weighted by Gasteiger charge is -2.36. The molecule has 1 saturated carbocycles. The van der Waals surface area contributed by atoms with Crippen LogP contribution < -0.4 is 5.32 Å². The van der Waals surface area contributed by atoms with Crippen molar-refractivity contribution >= 4 is 0 Å². The van der Waals surface area contributed by atoms with Crippen molar-refractivity contribution in [3.63, 3.8) is 0 Å². The van der Waals surface area contributed by atoms with Crippen LogP contribution in [-0.4, -0.2) is 37.1 Å². The van der Waals surface area contributed by atoms with E-state index in [-0.39, 0.29) is 0 Å². The highest BCUT2D eigenvalue weighted by Gasteiger charge is 2.39. The van der Waals surface area contributed by atoms with E-state index in [0.717, 1.165) is 17.9 Å². The van der Waals surface area contributed by atoms with Gasteiger partial charge in [0.15, 0.2) is 0 Å². The number of nitrogens with zero attached hydrogens (tertiary/aromatic N) is 1. The standard InChI is InChI=1S/C10H18N2/c1-2-8-6-12(7-9(8)3-1)10-4-11-5-10/h8-11H,1-7H2/t8-,9+. The molecule has 3 rings (SSSR count). The van der Waals surface area contributed by atoms with E-state index in [1.165, 1.54) is 45.4 Å². The summed E-state index contributed by atoms with van der Waals surface area (Å²) < 4.78 is 0. The van der Waals surface area contributed by atoms with Crippen LogP contribution in [0.3, 0.4) is 0 Å². The third kappa shape index (κ3) is 1.01. The molecule has 3 aliphatic rings. The molecule has 0 bridgehead atoms. The molecule has 3 fully saturated rings. The minimum absolute atomic E-state index is 0.899. The van der Waals surface area contributed by atoms with Gasteiger partial charge in [0, 0.05) is 32.2 Å². The Bertz CT molecular complexity index is 165. The van der Waals surface area contributed by atoms with Crippen molar-refractivity contribution in [3.05, 3.63) is 0 Å². The SMILES string of the molecule is C1C[C@@H]2CN(C3CNC3)C[C@@H]2C1. The Kier molecular flexibility index (Phi) is 1.66. The van der Waals surface area contributed by atoms with Gasteiger partial charge in [-0.25, -0.2) is 0 Å². The number of fused-ring (bicyclic) bond motifs is 1. The molecule has 0 radical (unpaired) electrons. The average Bonchev–Trinajstić information content (AvgIpc) is 2.40. The number of likely N-dealkylation sites (tertiary alicyclic amines) is 1. The number of rotatable bonds is 1. The van der Waals surface area contributed by atoms with E-state index in [1.807, 2.05) is 0 Å². The lowest BCUT2D eigenvalue weighted by Crippen LogP contribution is -2.56. The van der Waals surface area contributed by atoms with Gasteiger partial charge in [0.2, 0.25) is 0 Å². The van der Waals surface area contributed by atoms with Gasteiger partial charge in [-0.15, -0.1) is 0 Å². The summed E-state index contributed by atoms with van der Waals surface area (Å²) in [5.74, 6) is 2.15. The predicted octanol–water partition coefficient (Wildman–Crippen LogP) is 0.690. The molecule has 0 unspecified atom stereocenters. The highest BCUT2D eigenvalue weighted by atomic mass is 15.3. The van der Waals surface area contributed by atoms with E-state index < -0.39 is 0 Å². The Morgan fingerprint density at radius 1 is 1.00 bits per heavy atom. The molecule has 0 spiro atoms. The first-order chi connectivity index (χ1) is 5.93. The summed E-state index contributed by atoms with van der Waals surface area (Å²) in [7, 11) is 0. The molecule has 68 valence electrons. The first-order valence-corrected chi connectivity index (χ1v) is 5.38. The van der Waals surface area contributed by atoms with Crippen molar-refractivity contribution in [2.24, 2.45) is 11.8 Å². The first kappa shape index (κ1) is 7.34. The molecular formula is C10H18N2. The summed E-state index contributed by atoms with van der Waals surface area (Å²) in [4.78, 5) is 2.73. The van der Waals surface area contributed by atoms with Gasteiger partial charge in [-0.1, -0.05) is 6.42 Å². The molecule has 2 heterocycles. The van der Waals surface area contributed by atoms with Crippen LogP contribution in [0.15, 0.2) is 0 Å². The molecule has 2 nitrogen and oxygen atoms in total. The van der Waals surface area contributed by atoms with E-state index in [9.17, 15) is 0 Å². The van der Waals surface area contributed by atoms with E-state index in [0.29, 0.717) is 0 Å². The minimum Gasteiger partial charge on any atom is -0.314 e. The van der Waals surface area contributed by atoms with Gasteiger partial charge < -0.3 is 5.32 Å². The largest absolute Gasteiger partial charge is 0.314 e. The van der Waals surface area contributed by atoms with Crippen LogP contribution in [0.4, 0.5) is 0 Å². The number of hydrogen-bond acceptors (Lipinski definition) is 2. The van der Waals surface area contributed by atoms with Crippen LogP contribution in [-0.2, 0) is 0 Å². The summed E-state index contributed by atoms with van der Waals surface area (Å²) in [6.07, 6.45) is 4.54. The van der Waals surface area contributed by atoms with Gasteiger partial charge in [-0.2, -0.15) is 0 Å². The zero-order chi connectivity index (χ0) is 7.97. The summed E-state index contributed by atoms with van der Waals surface area (Å²) in [6, 6.07) is 0.899. The van der Waals surface area contributed by atoms with Crippen LogP contribution >= 0.6 is 0 Å². The topological polar surface area (TPSA) is 15.3 Å². The number of nitrogens with one attached hydrogen (secondary N) is 1. The molecule has 0 aromatic rings. The lowest BCUT2D eigenvalue weighted by molar-refractivity contribution is 0.167. The van der Waals surface area contributed by atoms with Gasteiger partial charge >= 0.3 is 0 Å². The molecule has 0 aromatic carbocycles. The van der Waals surface area contributed by atoms with Crippen molar-refractivity contribution in [2.45, 2.75) is 25.3 Å². The molecule has 2 heteroatoms. The predicted molar refractivity (Wildman–Crippen MR) is 49.1 cm³/mol. The van der Waals surface area contributed by atoms with Crippen LogP contribution in [0.1, 0.15) is 19.3 Å².